The van der Waals surface area contributed by atoms with E-state index in [0.717, 1.165) is 4.68 Å². The fourth-order valence-electron chi connectivity index (χ4n) is 2.65. The summed E-state index contributed by atoms with van der Waals surface area (Å²) in [5.41, 5.74) is 0.546. The summed E-state index contributed by atoms with van der Waals surface area (Å²) in [5.74, 6) is -0.251. The van der Waals surface area contributed by atoms with Crippen molar-refractivity contribution >= 4 is 34.0 Å². The van der Waals surface area contributed by atoms with Crippen molar-refractivity contribution in [3.05, 3.63) is 59.0 Å². The number of anilines is 2. The number of aromatic nitrogens is 2. The number of amides is 2. The second-order valence-electron chi connectivity index (χ2n) is 5.84. The highest BCUT2D eigenvalue weighted by Gasteiger charge is 2.12. The highest BCUT2D eigenvalue weighted by atomic mass is 16.5. The first-order valence-electron chi connectivity index (χ1n) is 8.18. The number of hydrogen-bond donors (Lipinski definition) is 2. The summed E-state index contributed by atoms with van der Waals surface area (Å²) in [6.45, 7) is 1.14. The summed E-state index contributed by atoms with van der Waals surface area (Å²) in [6, 6.07) is 11.9. The molecule has 0 saturated carbocycles. The molecule has 0 bridgehead atoms. The minimum atomic E-state index is -0.446. The largest absolute Gasteiger partial charge is 0.495 e. The third-order valence-corrected chi connectivity index (χ3v) is 3.85. The molecule has 0 unspecified atom stereocenters. The lowest BCUT2D eigenvalue weighted by molar-refractivity contribution is -0.117. The Morgan fingerprint density at radius 1 is 1.15 bits per heavy atom. The van der Waals surface area contributed by atoms with Crippen molar-refractivity contribution in [3.8, 4) is 5.75 Å². The predicted octanol–water partition coefficient (Wildman–Crippen LogP) is 2.00. The highest BCUT2D eigenvalue weighted by Crippen LogP contribution is 2.27. The molecule has 2 N–H and O–H groups in total. The average Bonchev–Trinajstić information content (AvgIpc) is 2.64. The molecule has 2 aromatic carbocycles. The molecule has 3 rings (SSSR count). The molecule has 8 nitrogen and oxygen atoms in total. The van der Waals surface area contributed by atoms with Gasteiger partial charge in [-0.05, 0) is 24.3 Å². The SMILES string of the molecule is COc1ccc(NC(C)=O)cc1NC(=O)Cn1ncc2ccccc2c1=O. The maximum atomic E-state index is 12.5. The van der Waals surface area contributed by atoms with Crippen LogP contribution in [0.1, 0.15) is 6.92 Å². The molecule has 0 aliphatic rings. The number of methoxy groups -OCH3 is 1. The van der Waals surface area contributed by atoms with Crippen LogP contribution in [0, 0.1) is 0 Å². The van der Waals surface area contributed by atoms with Crippen LogP contribution in [0.2, 0.25) is 0 Å². The molecular weight excluding hydrogens is 348 g/mol. The highest BCUT2D eigenvalue weighted by molar-refractivity contribution is 5.95. The summed E-state index contributed by atoms with van der Waals surface area (Å²) in [6.07, 6.45) is 1.54. The second-order valence-corrected chi connectivity index (χ2v) is 5.84. The Morgan fingerprint density at radius 2 is 1.93 bits per heavy atom. The number of nitrogens with one attached hydrogen (secondary N) is 2. The lowest BCUT2D eigenvalue weighted by Crippen LogP contribution is -2.29. The van der Waals surface area contributed by atoms with Crippen LogP contribution in [0.25, 0.3) is 10.8 Å². The van der Waals surface area contributed by atoms with Gasteiger partial charge in [-0.2, -0.15) is 5.10 Å². The van der Waals surface area contributed by atoms with Crippen LogP contribution in [-0.4, -0.2) is 28.7 Å². The van der Waals surface area contributed by atoms with Crippen molar-refractivity contribution in [1.29, 1.82) is 0 Å². The number of ether oxygens (including phenoxy) is 1. The Morgan fingerprint density at radius 3 is 2.67 bits per heavy atom. The van der Waals surface area contributed by atoms with Gasteiger partial charge in [-0.1, -0.05) is 18.2 Å². The second kappa shape index (κ2) is 7.69. The van der Waals surface area contributed by atoms with Crippen LogP contribution in [0.15, 0.2) is 53.5 Å². The van der Waals surface area contributed by atoms with E-state index in [2.05, 4.69) is 15.7 Å². The van der Waals surface area contributed by atoms with Gasteiger partial charge in [-0.3, -0.25) is 14.4 Å². The van der Waals surface area contributed by atoms with E-state index in [1.807, 2.05) is 6.07 Å². The maximum absolute atomic E-state index is 12.5. The molecule has 2 amide bonds. The maximum Gasteiger partial charge on any atom is 0.275 e. The molecule has 0 radical (unpaired) electrons. The molecule has 138 valence electrons. The molecule has 3 aromatic rings. The average molecular weight is 366 g/mol. The zero-order chi connectivity index (χ0) is 19.4. The number of fused-ring (bicyclic) bond motifs is 1. The number of hydrogen-bond acceptors (Lipinski definition) is 5. The van der Waals surface area contributed by atoms with E-state index in [-0.39, 0.29) is 18.0 Å². The third kappa shape index (κ3) is 4.12. The van der Waals surface area contributed by atoms with E-state index in [4.69, 9.17) is 4.74 Å². The minimum Gasteiger partial charge on any atom is -0.495 e. The molecule has 0 saturated heterocycles. The number of rotatable bonds is 5. The van der Waals surface area contributed by atoms with Gasteiger partial charge in [0.25, 0.3) is 5.56 Å². The van der Waals surface area contributed by atoms with Gasteiger partial charge in [0.15, 0.2) is 0 Å². The Balaban J connectivity index is 1.83. The Hall–Kier alpha value is -3.68. The van der Waals surface area contributed by atoms with Crippen LogP contribution in [0.5, 0.6) is 5.75 Å². The monoisotopic (exact) mass is 366 g/mol. The third-order valence-electron chi connectivity index (χ3n) is 3.85. The lowest BCUT2D eigenvalue weighted by Gasteiger charge is -2.13. The van der Waals surface area contributed by atoms with E-state index >= 15 is 0 Å². The molecule has 0 aliphatic carbocycles. The number of carbonyl (C=O) groups is 2. The van der Waals surface area contributed by atoms with E-state index in [1.54, 1.807) is 42.6 Å². The van der Waals surface area contributed by atoms with Crippen LogP contribution >= 0.6 is 0 Å². The molecule has 0 fully saturated rings. The van der Waals surface area contributed by atoms with Crippen LogP contribution in [0.3, 0.4) is 0 Å². The van der Waals surface area contributed by atoms with Crippen molar-refractivity contribution < 1.29 is 14.3 Å². The number of carbonyl (C=O) groups excluding carboxylic acids is 2. The summed E-state index contributed by atoms with van der Waals surface area (Å²) >= 11 is 0. The Kier molecular flexibility index (Phi) is 5.16. The van der Waals surface area contributed by atoms with Crippen LogP contribution < -0.4 is 20.9 Å². The standard InChI is InChI=1S/C19H18N4O4/c1-12(24)21-14-7-8-17(27-2)16(9-14)22-18(25)11-23-19(26)15-6-4-3-5-13(15)10-20-23/h3-10H,11H2,1-2H3,(H,21,24)(H,22,25). The Labute approximate surface area is 154 Å². The molecule has 0 atom stereocenters. The Bertz CT molecular complexity index is 1070. The van der Waals surface area contributed by atoms with Crippen molar-refractivity contribution in [3.63, 3.8) is 0 Å². The summed E-state index contributed by atoms with van der Waals surface area (Å²) in [7, 11) is 1.47. The first-order valence-corrected chi connectivity index (χ1v) is 8.18. The van der Waals surface area contributed by atoms with Gasteiger partial charge in [0.2, 0.25) is 11.8 Å². The summed E-state index contributed by atoms with van der Waals surface area (Å²) in [5, 5.41) is 10.6. The van der Waals surface area contributed by atoms with Gasteiger partial charge in [0, 0.05) is 18.0 Å². The molecule has 1 heterocycles. The van der Waals surface area contributed by atoms with E-state index in [1.165, 1.54) is 14.0 Å². The molecule has 1 aromatic heterocycles. The van der Waals surface area contributed by atoms with Crippen LogP contribution in [-0.2, 0) is 16.1 Å². The molecule has 8 heteroatoms. The molecular formula is C19H18N4O4. The topological polar surface area (TPSA) is 102 Å². The van der Waals surface area contributed by atoms with Gasteiger partial charge < -0.3 is 15.4 Å². The van der Waals surface area contributed by atoms with Gasteiger partial charge >= 0.3 is 0 Å². The van der Waals surface area contributed by atoms with Crippen molar-refractivity contribution in [2.24, 2.45) is 0 Å². The van der Waals surface area contributed by atoms with E-state index in [9.17, 15) is 14.4 Å². The fourth-order valence-corrected chi connectivity index (χ4v) is 2.65. The van der Waals surface area contributed by atoms with E-state index < -0.39 is 5.91 Å². The summed E-state index contributed by atoms with van der Waals surface area (Å²) < 4.78 is 6.33. The summed E-state index contributed by atoms with van der Waals surface area (Å²) in [4.78, 5) is 36.1. The van der Waals surface area contributed by atoms with Gasteiger partial charge in [0.05, 0.1) is 24.4 Å². The van der Waals surface area contributed by atoms with Crippen molar-refractivity contribution in [2.75, 3.05) is 17.7 Å². The van der Waals surface area contributed by atoms with E-state index in [0.29, 0.717) is 27.9 Å². The number of benzene rings is 2. The normalized spacial score (nSPS) is 10.4. The van der Waals surface area contributed by atoms with Crippen molar-refractivity contribution in [1.82, 2.24) is 9.78 Å². The quantitative estimate of drug-likeness (QED) is 0.719. The lowest BCUT2D eigenvalue weighted by atomic mass is 10.2. The molecule has 0 spiro atoms. The van der Waals surface area contributed by atoms with Crippen LogP contribution in [0.4, 0.5) is 11.4 Å². The first kappa shape index (κ1) is 18.1. The fraction of sp³-hybridized carbons (Fsp3) is 0.158. The van der Waals surface area contributed by atoms with Gasteiger partial charge in [-0.15, -0.1) is 0 Å². The van der Waals surface area contributed by atoms with Gasteiger partial charge in [0.1, 0.15) is 12.3 Å². The smallest absolute Gasteiger partial charge is 0.275 e. The number of nitrogens with zero attached hydrogens (tertiary/aromatic N) is 2. The van der Waals surface area contributed by atoms with Crippen molar-refractivity contribution in [2.45, 2.75) is 13.5 Å². The van der Waals surface area contributed by atoms with Gasteiger partial charge in [-0.25, -0.2) is 4.68 Å². The molecule has 27 heavy (non-hydrogen) atoms. The zero-order valence-electron chi connectivity index (χ0n) is 14.9. The predicted molar refractivity (Wildman–Crippen MR) is 102 cm³/mol. The molecule has 0 aliphatic heterocycles. The first-order chi connectivity index (χ1) is 13.0. The minimum absolute atomic E-state index is 0.232. The zero-order valence-corrected chi connectivity index (χ0v) is 14.9.